The molecule has 0 radical (unpaired) electrons. The molecule has 0 aliphatic heterocycles. The molecule has 8 heteroatoms. The minimum Gasteiger partial charge on any atom is -0.467 e. The Morgan fingerprint density at radius 3 is 2.57 bits per heavy atom. The molecule has 0 bridgehead atoms. The molecule has 21 heavy (non-hydrogen) atoms. The third-order valence-corrected chi connectivity index (χ3v) is 3.01. The number of azide groups is 1. The van der Waals surface area contributed by atoms with E-state index in [1.807, 2.05) is 0 Å². The molecule has 1 aromatic carbocycles. The van der Waals surface area contributed by atoms with Crippen LogP contribution in [-0.2, 0) is 15.1 Å². The average Bonchev–Trinajstić information content (AvgIpc) is 2.44. The van der Waals surface area contributed by atoms with Gasteiger partial charge >= 0.3 is 5.97 Å². The van der Waals surface area contributed by atoms with Crippen molar-refractivity contribution < 1.29 is 18.3 Å². The SMILES string of the molecule is COC(=O)C(C)(NCCCN=[N+]=[N-])c1cc(F)cc(F)c1. The summed E-state index contributed by atoms with van der Waals surface area (Å²) in [7, 11) is 1.19. The zero-order valence-corrected chi connectivity index (χ0v) is 11.8. The van der Waals surface area contributed by atoms with Crippen LogP contribution in [-0.4, -0.2) is 26.2 Å². The highest BCUT2D eigenvalue weighted by Gasteiger charge is 2.36. The number of methoxy groups -OCH3 is 1. The van der Waals surface area contributed by atoms with E-state index in [1.54, 1.807) is 0 Å². The summed E-state index contributed by atoms with van der Waals surface area (Å²) in [6.07, 6.45) is 0.467. The first-order chi connectivity index (χ1) is 9.93. The van der Waals surface area contributed by atoms with Crippen LogP contribution in [0.1, 0.15) is 18.9 Å². The first-order valence-electron chi connectivity index (χ1n) is 6.25. The van der Waals surface area contributed by atoms with Gasteiger partial charge in [0.15, 0.2) is 0 Å². The molecule has 0 amide bonds. The average molecular weight is 298 g/mol. The fraction of sp³-hybridized carbons (Fsp3) is 0.462. The molecule has 1 aromatic rings. The number of halogens is 2. The maximum atomic E-state index is 13.3. The minimum atomic E-state index is -1.39. The van der Waals surface area contributed by atoms with E-state index >= 15 is 0 Å². The van der Waals surface area contributed by atoms with E-state index in [2.05, 4.69) is 15.3 Å². The molecular weight excluding hydrogens is 282 g/mol. The standard InChI is InChI=1S/C13H16F2N4O2/c1-13(12(20)21-2,17-4-3-5-18-19-16)9-6-10(14)8-11(15)7-9/h6-8,17H,3-5H2,1-2H3. The highest BCUT2D eigenvalue weighted by atomic mass is 19.1. The second-order valence-corrected chi connectivity index (χ2v) is 4.51. The van der Waals surface area contributed by atoms with E-state index in [4.69, 9.17) is 10.3 Å². The number of hydrogen-bond donors (Lipinski definition) is 1. The van der Waals surface area contributed by atoms with Gasteiger partial charge in [0, 0.05) is 17.5 Å². The Morgan fingerprint density at radius 2 is 2.05 bits per heavy atom. The maximum Gasteiger partial charge on any atom is 0.330 e. The lowest BCUT2D eigenvalue weighted by molar-refractivity contribution is -0.148. The van der Waals surface area contributed by atoms with Crippen molar-refractivity contribution in [3.63, 3.8) is 0 Å². The molecule has 0 aliphatic carbocycles. The van der Waals surface area contributed by atoms with Crippen molar-refractivity contribution >= 4 is 5.97 Å². The van der Waals surface area contributed by atoms with Crippen molar-refractivity contribution in [1.29, 1.82) is 0 Å². The molecule has 0 fully saturated rings. The van der Waals surface area contributed by atoms with Crippen LogP contribution in [0.3, 0.4) is 0 Å². The van der Waals surface area contributed by atoms with Gasteiger partial charge < -0.3 is 4.74 Å². The van der Waals surface area contributed by atoms with Crippen LogP contribution in [0, 0.1) is 11.6 Å². The van der Waals surface area contributed by atoms with Crippen LogP contribution < -0.4 is 5.32 Å². The summed E-state index contributed by atoms with van der Waals surface area (Å²) in [6.45, 7) is 2.03. The Hall–Kier alpha value is -2.18. The molecular formula is C13H16F2N4O2. The van der Waals surface area contributed by atoms with Crippen molar-refractivity contribution in [3.8, 4) is 0 Å². The molecule has 0 saturated heterocycles. The molecule has 0 aliphatic rings. The number of benzene rings is 1. The Bertz CT molecular complexity index is 541. The van der Waals surface area contributed by atoms with Crippen molar-refractivity contribution in [1.82, 2.24) is 5.32 Å². The van der Waals surface area contributed by atoms with E-state index in [1.165, 1.54) is 14.0 Å². The number of carbonyl (C=O) groups excluding carboxylic acids is 1. The smallest absolute Gasteiger partial charge is 0.330 e. The summed E-state index contributed by atoms with van der Waals surface area (Å²) in [5.41, 5.74) is 6.90. The topological polar surface area (TPSA) is 87.1 Å². The lowest BCUT2D eigenvalue weighted by Crippen LogP contribution is -2.48. The highest BCUT2D eigenvalue weighted by Crippen LogP contribution is 2.24. The van der Waals surface area contributed by atoms with Crippen molar-refractivity contribution in [3.05, 3.63) is 45.8 Å². The van der Waals surface area contributed by atoms with Gasteiger partial charge in [-0.15, -0.1) is 0 Å². The Balaban J connectivity index is 2.97. The fourth-order valence-electron chi connectivity index (χ4n) is 1.87. The molecule has 0 spiro atoms. The van der Waals surface area contributed by atoms with Crippen LogP contribution in [0.15, 0.2) is 23.3 Å². The zero-order chi connectivity index (χ0) is 15.9. The van der Waals surface area contributed by atoms with Gasteiger partial charge in [-0.05, 0) is 43.1 Å². The molecule has 0 saturated carbocycles. The summed E-state index contributed by atoms with van der Waals surface area (Å²) in [4.78, 5) is 14.6. The first-order valence-corrected chi connectivity index (χ1v) is 6.25. The second-order valence-electron chi connectivity index (χ2n) is 4.51. The summed E-state index contributed by atoms with van der Waals surface area (Å²) in [5.74, 6) is -2.23. The lowest BCUT2D eigenvalue weighted by atomic mass is 9.91. The zero-order valence-electron chi connectivity index (χ0n) is 11.8. The molecule has 1 N–H and O–H groups in total. The van der Waals surface area contributed by atoms with Crippen LogP contribution in [0.25, 0.3) is 10.4 Å². The van der Waals surface area contributed by atoms with Crippen LogP contribution in [0.2, 0.25) is 0 Å². The van der Waals surface area contributed by atoms with Crippen LogP contribution >= 0.6 is 0 Å². The number of hydrogen-bond acceptors (Lipinski definition) is 4. The first kappa shape index (κ1) is 16.9. The van der Waals surface area contributed by atoms with E-state index in [0.717, 1.165) is 18.2 Å². The minimum absolute atomic E-state index is 0.121. The number of nitrogens with one attached hydrogen (secondary N) is 1. The summed E-state index contributed by atoms with van der Waals surface area (Å²) >= 11 is 0. The molecule has 0 heterocycles. The summed E-state index contributed by atoms with van der Waals surface area (Å²) < 4.78 is 31.4. The fourth-order valence-corrected chi connectivity index (χ4v) is 1.87. The van der Waals surface area contributed by atoms with Gasteiger partial charge in [-0.3, -0.25) is 5.32 Å². The van der Waals surface area contributed by atoms with E-state index in [0.29, 0.717) is 13.0 Å². The Morgan fingerprint density at radius 1 is 1.43 bits per heavy atom. The monoisotopic (exact) mass is 298 g/mol. The normalized spacial score (nSPS) is 13.1. The molecule has 114 valence electrons. The van der Waals surface area contributed by atoms with E-state index in [9.17, 15) is 13.6 Å². The van der Waals surface area contributed by atoms with Gasteiger partial charge in [-0.25, -0.2) is 13.6 Å². The Labute approximate surface area is 120 Å². The van der Waals surface area contributed by atoms with Crippen LogP contribution in [0.5, 0.6) is 0 Å². The van der Waals surface area contributed by atoms with Crippen molar-refractivity contribution in [2.45, 2.75) is 18.9 Å². The van der Waals surface area contributed by atoms with E-state index < -0.39 is 23.1 Å². The maximum absolute atomic E-state index is 13.3. The van der Waals surface area contributed by atoms with E-state index in [-0.39, 0.29) is 12.1 Å². The third kappa shape index (κ3) is 4.40. The predicted molar refractivity (Wildman–Crippen MR) is 72.4 cm³/mol. The number of nitrogens with zero attached hydrogens (tertiary/aromatic N) is 3. The van der Waals surface area contributed by atoms with Gasteiger partial charge in [-0.1, -0.05) is 5.11 Å². The van der Waals surface area contributed by atoms with Gasteiger partial charge in [0.05, 0.1) is 7.11 Å². The predicted octanol–water partition coefficient (Wildman–Crippen LogP) is 2.64. The molecule has 1 rings (SSSR count). The number of esters is 1. The molecule has 1 unspecified atom stereocenters. The van der Waals surface area contributed by atoms with Gasteiger partial charge in [0.1, 0.15) is 17.2 Å². The second kappa shape index (κ2) is 7.56. The highest BCUT2D eigenvalue weighted by molar-refractivity contribution is 5.82. The Kier molecular flexibility index (Phi) is 6.08. The third-order valence-electron chi connectivity index (χ3n) is 3.01. The van der Waals surface area contributed by atoms with Crippen molar-refractivity contribution in [2.24, 2.45) is 5.11 Å². The van der Waals surface area contributed by atoms with Gasteiger partial charge in [-0.2, -0.15) is 0 Å². The quantitative estimate of drug-likeness (QED) is 0.276. The summed E-state index contributed by atoms with van der Waals surface area (Å²) in [6, 6.07) is 2.86. The number of rotatable bonds is 7. The van der Waals surface area contributed by atoms with Gasteiger partial charge in [0.25, 0.3) is 0 Å². The summed E-state index contributed by atoms with van der Waals surface area (Å²) in [5, 5.41) is 6.25. The molecule has 0 aromatic heterocycles. The van der Waals surface area contributed by atoms with Crippen molar-refractivity contribution in [2.75, 3.05) is 20.2 Å². The van der Waals surface area contributed by atoms with Crippen LogP contribution in [0.4, 0.5) is 8.78 Å². The molecule has 1 atom stereocenters. The number of carbonyl (C=O) groups is 1. The lowest BCUT2D eigenvalue weighted by Gasteiger charge is -2.28. The van der Waals surface area contributed by atoms with Gasteiger partial charge in [0.2, 0.25) is 0 Å². The number of ether oxygens (including phenoxy) is 1. The largest absolute Gasteiger partial charge is 0.467 e. The molecule has 6 nitrogen and oxygen atoms in total.